The van der Waals surface area contributed by atoms with Crippen LogP contribution in [0.2, 0.25) is 0 Å². The molecule has 2 aromatic carbocycles. The Labute approximate surface area is 185 Å². The van der Waals surface area contributed by atoms with E-state index in [1.165, 1.54) is 20.2 Å². The van der Waals surface area contributed by atoms with Crippen molar-refractivity contribution in [3.05, 3.63) is 81.8 Å². The van der Waals surface area contributed by atoms with Crippen LogP contribution in [0.1, 0.15) is 21.5 Å². The molecular weight excluding hydrogens is 420 g/mol. The molecule has 1 amide bonds. The lowest BCUT2D eigenvalue weighted by Gasteiger charge is -2.18. The Morgan fingerprint density at radius 1 is 1.13 bits per heavy atom. The lowest BCUT2D eigenvalue weighted by atomic mass is 10.1. The lowest BCUT2D eigenvalue weighted by Crippen LogP contribution is -2.27. The molecule has 0 heterocycles. The molecule has 9 heteroatoms. The van der Waals surface area contributed by atoms with Crippen molar-refractivity contribution in [1.29, 1.82) is 0 Å². The molecule has 0 saturated heterocycles. The van der Waals surface area contributed by atoms with Crippen LogP contribution in [0.4, 0.5) is 5.69 Å². The van der Waals surface area contributed by atoms with Crippen LogP contribution in [0.25, 0.3) is 0 Å². The summed E-state index contributed by atoms with van der Waals surface area (Å²) in [7, 11) is 2.86. The number of nitrogens with one attached hydrogen (secondary N) is 2. The number of esters is 1. The van der Waals surface area contributed by atoms with Crippen molar-refractivity contribution < 1.29 is 19.1 Å². The molecule has 0 aliphatic carbocycles. The topological polar surface area (TPSA) is 129 Å². The summed E-state index contributed by atoms with van der Waals surface area (Å²) in [6, 6.07) is 12.7. The summed E-state index contributed by atoms with van der Waals surface area (Å²) in [5.41, 5.74) is 13.6. The summed E-state index contributed by atoms with van der Waals surface area (Å²) >= 11 is 5.78. The number of hydrogen-bond acceptors (Lipinski definition) is 7. The Bertz CT molecular complexity index is 1020. The van der Waals surface area contributed by atoms with Gasteiger partial charge in [-0.3, -0.25) is 4.79 Å². The largest absolute Gasteiger partial charge is 0.494 e. The Hall–Kier alpha value is -3.65. The predicted octanol–water partition coefficient (Wildman–Crippen LogP) is 2.73. The van der Waals surface area contributed by atoms with Crippen LogP contribution in [0.3, 0.4) is 0 Å². The Kier molecular flexibility index (Phi) is 8.33. The van der Waals surface area contributed by atoms with E-state index < -0.39 is 11.9 Å². The minimum Gasteiger partial charge on any atom is -0.494 e. The summed E-state index contributed by atoms with van der Waals surface area (Å²) < 4.78 is 11.0. The van der Waals surface area contributed by atoms with Gasteiger partial charge in [-0.15, -0.1) is 0 Å². The van der Waals surface area contributed by atoms with Crippen LogP contribution in [0, 0.1) is 6.92 Å². The fourth-order valence-electron chi connectivity index (χ4n) is 2.76. The average Bonchev–Trinajstić information content (AvgIpc) is 2.77. The smallest absolute Gasteiger partial charge is 0.342 e. The second-order valence-electron chi connectivity index (χ2n) is 6.46. The summed E-state index contributed by atoms with van der Waals surface area (Å²) in [5, 5.41) is 5.29. The van der Waals surface area contributed by atoms with Crippen molar-refractivity contribution in [3.8, 4) is 5.75 Å². The van der Waals surface area contributed by atoms with Gasteiger partial charge in [0.15, 0.2) is 5.75 Å². The van der Waals surface area contributed by atoms with E-state index in [0.717, 1.165) is 5.56 Å². The number of methoxy groups -OCH3 is 1. The standard InChI is InChI=1S/C22H25ClN4O4/c1-13-9-10-15(27-16(11-17(23)24)19(25)21(28)26-2)20(30-3)18(13)22(29)31-12-14-7-5-4-6-8-14/h4-11,27H,12,24-25H2,1-3H3,(H,26,28)/b17-11-,19-16+. The van der Waals surface area contributed by atoms with Gasteiger partial charge in [-0.1, -0.05) is 48.0 Å². The first-order chi connectivity index (χ1) is 14.8. The highest BCUT2D eigenvalue weighted by atomic mass is 35.5. The first kappa shape index (κ1) is 23.6. The molecule has 0 aliphatic rings. The molecule has 0 fully saturated rings. The van der Waals surface area contributed by atoms with Gasteiger partial charge in [0.25, 0.3) is 5.91 Å². The van der Waals surface area contributed by atoms with Crippen molar-refractivity contribution in [1.82, 2.24) is 5.32 Å². The number of rotatable bonds is 8. The van der Waals surface area contributed by atoms with E-state index in [4.69, 9.17) is 32.5 Å². The number of ether oxygens (including phenoxy) is 2. The SMILES string of the molecule is CNC(=O)/C(N)=C(/C=C(\N)Cl)Nc1ccc(C)c(C(=O)OCc2ccccc2)c1OC. The number of carbonyl (C=O) groups excluding carboxylic acids is 2. The number of carbonyl (C=O) groups is 2. The molecule has 6 N–H and O–H groups in total. The van der Waals surface area contributed by atoms with Crippen LogP contribution in [0.15, 0.2) is 65.1 Å². The van der Waals surface area contributed by atoms with Crippen LogP contribution in [-0.2, 0) is 16.1 Å². The van der Waals surface area contributed by atoms with Gasteiger partial charge < -0.3 is 31.6 Å². The minimum atomic E-state index is -0.556. The molecule has 31 heavy (non-hydrogen) atoms. The summed E-state index contributed by atoms with van der Waals surface area (Å²) in [6.07, 6.45) is 1.29. The summed E-state index contributed by atoms with van der Waals surface area (Å²) in [4.78, 5) is 24.8. The molecule has 0 radical (unpaired) electrons. The normalized spacial score (nSPS) is 11.9. The maximum Gasteiger partial charge on any atom is 0.342 e. The second-order valence-corrected chi connectivity index (χ2v) is 6.90. The Morgan fingerprint density at radius 3 is 2.39 bits per heavy atom. The monoisotopic (exact) mass is 444 g/mol. The first-order valence-corrected chi connectivity index (χ1v) is 9.66. The number of likely N-dealkylation sites (N-methyl/N-ethyl adjacent to an activating group) is 1. The summed E-state index contributed by atoms with van der Waals surface area (Å²) in [5.74, 6) is -0.869. The number of nitrogens with two attached hydrogens (primary N) is 2. The van der Waals surface area contributed by atoms with E-state index in [1.807, 2.05) is 30.3 Å². The highest BCUT2D eigenvalue weighted by Crippen LogP contribution is 2.33. The maximum atomic E-state index is 12.8. The Balaban J connectivity index is 2.42. The molecule has 0 aromatic heterocycles. The van der Waals surface area contributed by atoms with Gasteiger partial charge in [0.1, 0.15) is 23.0 Å². The molecule has 164 valence electrons. The van der Waals surface area contributed by atoms with Crippen molar-refractivity contribution in [2.75, 3.05) is 19.5 Å². The molecule has 0 spiro atoms. The van der Waals surface area contributed by atoms with Gasteiger partial charge in [-0.25, -0.2) is 4.79 Å². The lowest BCUT2D eigenvalue weighted by molar-refractivity contribution is -0.117. The zero-order valence-corrected chi connectivity index (χ0v) is 18.2. The van der Waals surface area contributed by atoms with Crippen molar-refractivity contribution in [3.63, 3.8) is 0 Å². The minimum absolute atomic E-state index is 0.0945. The van der Waals surface area contributed by atoms with Gasteiger partial charge in [0.2, 0.25) is 0 Å². The van der Waals surface area contributed by atoms with E-state index in [0.29, 0.717) is 11.3 Å². The van der Waals surface area contributed by atoms with Gasteiger partial charge >= 0.3 is 5.97 Å². The molecule has 0 saturated carbocycles. The highest BCUT2D eigenvalue weighted by molar-refractivity contribution is 6.29. The number of hydrogen-bond donors (Lipinski definition) is 4. The fourth-order valence-corrected chi connectivity index (χ4v) is 2.87. The number of amides is 1. The number of anilines is 1. The zero-order valence-electron chi connectivity index (χ0n) is 17.5. The quantitative estimate of drug-likeness (QED) is 0.213. The van der Waals surface area contributed by atoms with Gasteiger partial charge in [0.05, 0.1) is 18.5 Å². The zero-order chi connectivity index (χ0) is 23.0. The Morgan fingerprint density at radius 2 is 1.81 bits per heavy atom. The molecule has 0 bridgehead atoms. The third kappa shape index (κ3) is 6.16. The van der Waals surface area contributed by atoms with E-state index >= 15 is 0 Å². The fraction of sp³-hybridized carbons (Fsp3) is 0.182. The van der Waals surface area contributed by atoms with Gasteiger partial charge in [-0.05, 0) is 30.2 Å². The van der Waals surface area contributed by atoms with Crippen molar-refractivity contribution in [2.45, 2.75) is 13.5 Å². The number of aryl methyl sites for hydroxylation is 1. The van der Waals surface area contributed by atoms with Crippen molar-refractivity contribution >= 4 is 29.2 Å². The average molecular weight is 445 g/mol. The molecule has 8 nitrogen and oxygen atoms in total. The number of halogens is 1. The van der Waals surface area contributed by atoms with E-state index in [-0.39, 0.29) is 34.5 Å². The van der Waals surface area contributed by atoms with E-state index in [2.05, 4.69) is 10.6 Å². The first-order valence-electron chi connectivity index (χ1n) is 9.28. The third-order valence-corrected chi connectivity index (χ3v) is 4.41. The molecule has 0 unspecified atom stereocenters. The summed E-state index contributed by atoms with van der Waals surface area (Å²) in [6.45, 7) is 1.87. The van der Waals surface area contributed by atoms with Crippen LogP contribution in [0.5, 0.6) is 5.75 Å². The molecule has 0 atom stereocenters. The molecule has 0 aliphatic heterocycles. The third-order valence-electron chi connectivity index (χ3n) is 4.30. The van der Waals surface area contributed by atoms with Crippen LogP contribution in [-0.4, -0.2) is 26.0 Å². The highest BCUT2D eigenvalue weighted by Gasteiger charge is 2.22. The van der Waals surface area contributed by atoms with E-state index in [9.17, 15) is 9.59 Å². The van der Waals surface area contributed by atoms with Crippen molar-refractivity contribution in [2.24, 2.45) is 11.5 Å². The molecule has 2 rings (SSSR count). The predicted molar refractivity (Wildman–Crippen MR) is 120 cm³/mol. The number of benzene rings is 2. The maximum absolute atomic E-state index is 12.8. The molecular formula is C22H25ClN4O4. The number of allylic oxidation sites excluding steroid dienone is 1. The molecule has 2 aromatic rings. The second kappa shape index (κ2) is 10.9. The van der Waals surface area contributed by atoms with E-state index in [1.54, 1.807) is 19.1 Å². The van der Waals surface area contributed by atoms with Gasteiger partial charge in [-0.2, -0.15) is 0 Å². The van der Waals surface area contributed by atoms with Crippen LogP contribution < -0.4 is 26.8 Å². The van der Waals surface area contributed by atoms with Crippen LogP contribution >= 0.6 is 11.6 Å². The van der Waals surface area contributed by atoms with Gasteiger partial charge in [0, 0.05) is 7.05 Å².